The summed E-state index contributed by atoms with van der Waals surface area (Å²) in [6.45, 7) is 0.964. The predicted octanol–water partition coefficient (Wildman–Crippen LogP) is 3.44. The summed E-state index contributed by atoms with van der Waals surface area (Å²) in [5.74, 6) is -1.41. The van der Waals surface area contributed by atoms with Gasteiger partial charge < -0.3 is 20.3 Å². The van der Waals surface area contributed by atoms with Gasteiger partial charge in [0.05, 0.1) is 10.9 Å². The molecule has 4 N–H and O–H groups in total. The summed E-state index contributed by atoms with van der Waals surface area (Å²) >= 11 is 0. The number of anilines is 1. The van der Waals surface area contributed by atoms with E-state index < -0.39 is 39.1 Å². The lowest BCUT2D eigenvalue weighted by molar-refractivity contribution is -0.0500. The van der Waals surface area contributed by atoms with Crippen LogP contribution in [0.3, 0.4) is 0 Å². The number of aliphatic imine (C=N–C) groups is 1. The number of alkyl halides is 2. The van der Waals surface area contributed by atoms with Crippen molar-refractivity contribution >= 4 is 28.1 Å². The minimum atomic E-state index is -3.02. The quantitative estimate of drug-likeness (QED) is 0.559. The first-order valence-corrected chi connectivity index (χ1v) is 12.7. The highest BCUT2D eigenvalue weighted by atomic mass is 32.3. The van der Waals surface area contributed by atoms with Crippen molar-refractivity contribution in [2.45, 2.75) is 50.0 Å². The molecule has 0 aliphatic carbocycles. The topological polar surface area (TPSA) is 138 Å². The molecular formula is C22H26F3N6O3S-. The van der Waals surface area contributed by atoms with Gasteiger partial charge in [-0.15, -0.1) is 0 Å². The van der Waals surface area contributed by atoms with Crippen LogP contribution < -0.4 is 20.5 Å². The molecule has 2 aromatic rings. The first-order chi connectivity index (χ1) is 16.5. The molecule has 190 valence electrons. The van der Waals surface area contributed by atoms with Crippen LogP contribution in [0.4, 0.5) is 19.0 Å². The van der Waals surface area contributed by atoms with E-state index >= 15 is 0 Å². The average Bonchev–Trinajstić information content (AvgIpc) is 2.93. The molecule has 0 bridgehead atoms. The second-order valence-electron chi connectivity index (χ2n) is 8.91. The number of pyridine rings is 2. The summed E-state index contributed by atoms with van der Waals surface area (Å²) < 4.78 is 60.1. The van der Waals surface area contributed by atoms with Gasteiger partial charge in [0.1, 0.15) is 40.1 Å². The van der Waals surface area contributed by atoms with Crippen molar-refractivity contribution < 1.29 is 27.3 Å². The van der Waals surface area contributed by atoms with Gasteiger partial charge in [0.2, 0.25) is 0 Å². The molecule has 1 fully saturated rings. The Balaban J connectivity index is 1.61. The highest BCUT2D eigenvalue weighted by molar-refractivity contribution is 8.29. The highest BCUT2D eigenvalue weighted by Gasteiger charge is 2.50. The molecule has 4 rings (SSSR count). The number of hydrogen-bond acceptors (Lipinski definition) is 8. The number of nitrogens with one attached hydrogen (secondary N) is 2. The molecule has 1 amide bonds. The van der Waals surface area contributed by atoms with Gasteiger partial charge in [-0.05, 0) is 51.0 Å². The number of carbonyl (C=O) groups excluding carboxylic acids is 1. The number of amidine groups is 1. The smallest absolute Gasteiger partial charge is 0.387 e. The maximum atomic E-state index is 15.0. The van der Waals surface area contributed by atoms with Crippen LogP contribution in [0.2, 0.25) is 0 Å². The van der Waals surface area contributed by atoms with E-state index in [1.807, 2.05) is 6.92 Å². The Labute approximate surface area is 202 Å². The fourth-order valence-electron chi connectivity index (χ4n) is 4.35. The van der Waals surface area contributed by atoms with Crippen molar-refractivity contribution in [1.29, 1.82) is 0 Å². The van der Waals surface area contributed by atoms with Crippen molar-refractivity contribution in [3.05, 3.63) is 47.7 Å². The first kappa shape index (κ1) is 25.2. The number of amides is 1. The van der Waals surface area contributed by atoms with Crippen LogP contribution in [0.5, 0.6) is 5.75 Å². The predicted molar refractivity (Wildman–Crippen MR) is 125 cm³/mol. The number of nitrogens with zero attached hydrogens (tertiary/aromatic N) is 3. The van der Waals surface area contributed by atoms with Gasteiger partial charge in [0, 0.05) is 12.3 Å². The molecule has 0 radical (unpaired) electrons. The van der Waals surface area contributed by atoms with Gasteiger partial charge in [0.25, 0.3) is 5.91 Å². The van der Waals surface area contributed by atoms with E-state index in [0.29, 0.717) is 13.0 Å². The standard InChI is InChI=1S/C22H27F3N6O3S/c1-21(12-35(33)22(2,19(26)31-21)9-3-4-10-28-35)17-14(23)6-8-16(29-17)30-18(32)15-7-5-13(11-27-15)34-20(24)25/h5-8,11,20,28,33H,3-4,9-10,12H2,1-2H3,(H2,26,31)(H,29,30,32)/p-1. The van der Waals surface area contributed by atoms with Gasteiger partial charge in [-0.25, -0.2) is 14.4 Å². The number of rotatable bonds is 5. The molecule has 1 saturated heterocycles. The van der Waals surface area contributed by atoms with E-state index in [4.69, 9.17) is 5.73 Å². The lowest BCUT2D eigenvalue weighted by atomic mass is 9.96. The first-order valence-electron chi connectivity index (χ1n) is 11.0. The maximum absolute atomic E-state index is 15.0. The molecule has 4 heterocycles. The van der Waals surface area contributed by atoms with Crippen molar-refractivity contribution in [3.8, 4) is 5.75 Å². The SMILES string of the molecule is CC1(c2nc(NC(=O)c3ccc(OC(F)F)cn3)ccc2F)CS2([O-])NCCCCC2(C)C(N)=N1. The van der Waals surface area contributed by atoms with Crippen LogP contribution in [-0.4, -0.2) is 49.9 Å². The summed E-state index contributed by atoms with van der Waals surface area (Å²) in [4.78, 5) is 25.2. The third-order valence-electron chi connectivity index (χ3n) is 6.33. The zero-order chi connectivity index (χ0) is 25.4. The van der Waals surface area contributed by atoms with E-state index in [2.05, 4.69) is 29.7 Å². The van der Waals surface area contributed by atoms with Gasteiger partial charge >= 0.3 is 6.61 Å². The van der Waals surface area contributed by atoms with Crippen molar-refractivity contribution in [2.75, 3.05) is 17.6 Å². The molecule has 0 aromatic carbocycles. The Morgan fingerprint density at radius 1 is 1.29 bits per heavy atom. The second-order valence-corrected chi connectivity index (χ2v) is 11.7. The normalized spacial score (nSPS) is 30.4. The fourth-order valence-corrected chi connectivity index (χ4v) is 7.41. The van der Waals surface area contributed by atoms with Crippen LogP contribution >= 0.6 is 10.5 Å². The van der Waals surface area contributed by atoms with E-state index in [-0.39, 0.29) is 34.5 Å². The molecule has 0 saturated carbocycles. The third kappa shape index (κ3) is 4.80. The van der Waals surface area contributed by atoms with E-state index in [1.165, 1.54) is 18.2 Å². The Bertz CT molecular complexity index is 1150. The summed E-state index contributed by atoms with van der Waals surface area (Å²) in [6, 6.07) is 4.76. The second kappa shape index (κ2) is 9.28. The van der Waals surface area contributed by atoms with E-state index in [9.17, 15) is 22.5 Å². The molecule has 35 heavy (non-hydrogen) atoms. The number of fused-ring (bicyclic) bond motifs is 1. The summed E-state index contributed by atoms with van der Waals surface area (Å²) in [5.41, 5.74) is 4.79. The minimum Gasteiger partial charge on any atom is -0.800 e. The van der Waals surface area contributed by atoms with Gasteiger partial charge in [-0.2, -0.15) is 8.78 Å². The number of carbonyl (C=O) groups is 1. The summed E-state index contributed by atoms with van der Waals surface area (Å²) in [5, 5.41) is 2.50. The summed E-state index contributed by atoms with van der Waals surface area (Å²) in [7, 11) is -2.76. The zero-order valence-corrected chi connectivity index (χ0v) is 20.0. The van der Waals surface area contributed by atoms with Crippen LogP contribution in [0.1, 0.15) is 49.3 Å². The molecule has 0 spiro atoms. The van der Waals surface area contributed by atoms with Crippen LogP contribution in [0.25, 0.3) is 0 Å². The van der Waals surface area contributed by atoms with Crippen LogP contribution in [-0.2, 0) is 5.54 Å². The summed E-state index contributed by atoms with van der Waals surface area (Å²) in [6.07, 6.45) is 3.27. The monoisotopic (exact) mass is 511 g/mol. The lowest BCUT2D eigenvalue weighted by Gasteiger charge is -2.63. The molecule has 9 nitrogen and oxygen atoms in total. The zero-order valence-electron chi connectivity index (χ0n) is 19.2. The third-order valence-corrected chi connectivity index (χ3v) is 9.84. The molecule has 3 atom stereocenters. The molecular weight excluding hydrogens is 485 g/mol. The van der Waals surface area contributed by atoms with E-state index in [1.54, 1.807) is 6.92 Å². The molecule has 3 unspecified atom stereocenters. The Kier molecular flexibility index (Phi) is 6.68. The Morgan fingerprint density at radius 3 is 2.74 bits per heavy atom. The molecule has 13 heteroatoms. The van der Waals surface area contributed by atoms with Gasteiger partial charge in [0.15, 0.2) is 0 Å². The lowest BCUT2D eigenvalue weighted by Crippen LogP contribution is -2.57. The van der Waals surface area contributed by atoms with Gasteiger partial charge in [-0.1, -0.05) is 6.42 Å². The molecule has 2 aromatic heterocycles. The van der Waals surface area contributed by atoms with Crippen molar-refractivity contribution in [3.63, 3.8) is 0 Å². The highest BCUT2D eigenvalue weighted by Crippen LogP contribution is 2.61. The maximum Gasteiger partial charge on any atom is 0.387 e. The van der Waals surface area contributed by atoms with Crippen molar-refractivity contribution in [2.24, 2.45) is 10.7 Å². The van der Waals surface area contributed by atoms with Crippen LogP contribution in [0.15, 0.2) is 35.5 Å². The largest absolute Gasteiger partial charge is 0.800 e. The minimum absolute atomic E-state index is 0.00760. The fraction of sp³-hybridized carbons (Fsp3) is 0.455. The van der Waals surface area contributed by atoms with E-state index in [0.717, 1.165) is 25.1 Å². The Hall–Kier alpha value is -2.90. The molecule has 2 aliphatic heterocycles. The number of halogens is 3. The number of nitrogens with two attached hydrogens (primary N) is 1. The number of ether oxygens (including phenoxy) is 1. The van der Waals surface area contributed by atoms with Gasteiger partial charge in [-0.3, -0.25) is 25.0 Å². The Morgan fingerprint density at radius 2 is 2.06 bits per heavy atom. The molecule has 2 aliphatic rings. The number of hydrogen-bond donors (Lipinski definition) is 3. The average molecular weight is 512 g/mol. The van der Waals surface area contributed by atoms with Crippen molar-refractivity contribution in [1.82, 2.24) is 14.7 Å². The van der Waals surface area contributed by atoms with Crippen LogP contribution in [0, 0.1) is 5.82 Å². The number of aromatic nitrogens is 2.